The molecule has 194 valence electrons. The van der Waals surface area contributed by atoms with E-state index in [1.54, 1.807) is 0 Å². The minimum atomic E-state index is -0.285. The molecule has 0 spiro atoms. The van der Waals surface area contributed by atoms with Gasteiger partial charge in [0.25, 0.3) is 0 Å². The van der Waals surface area contributed by atoms with Crippen molar-refractivity contribution in [3.05, 3.63) is 59.2 Å². The van der Waals surface area contributed by atoms with Crippen LogP contribution in [0.2, 0.25) is 0 Å². The van der Waals surface area contributed by atoms with Crippen LogP contribution in [0.3, 0.4) is 0 Å². The van der Waals surface area contributed by atoms with Gasteiger partial charge in [-0.05, 0) is 54.2 Å². The average molecular weight is 481 g/mol. The van der Waals surface area contributed by atoms with Crippen LogP contribution in [-0.2, 0) is 11.2 Å². The van der Waals surface area contributed by atoms with E-state index in [0.29, 0.717) is 24.9 Å². The van der Waals surface area contributed by atoms with Crippen molar-refractivity contribution in [3.8, 4) is 0 Å². The van der Waals surface area contributed by atoms with Crippen molar-refractivity contribution in [2.75, 3.05) is 13.1 Å². The third-order valence-electron chi connectivity index (χ3n) is 7.67. The lowest BCUT2D eigenvalue weighted by molar-refractivity contribution is 0.106. The molecule has 0 radical (unpaired) electrons. The zero-order chi connectivity index (χ0) is 25.0. The monoisotopic (exact) mass is 480 g/mol. The van der Waals surface area contributed by atoms with Gasteiger partial charge in [-0.3, -0.25) is 0 Å². The number of benzene rings is 1. The number of amides is 1. The lowest BCUT2D eigenvalue weighted by Gasteiger charge is -2.31. The summed E-state index contributed by atoms with van der Waals surface area (Å²) in [5.41, 5.74) is 4.17. The first-order valence-corrected chi connectivity index (χ1v) is 14.2. The summed E-state index contributed by atoms with van der Waals surface area (Å²) in [7, 11) is 0. The maximum Gasteiger partial charge on any atom is 0.407 e. The SMILES string of the molecule is CCCCNC(=O)O[C@H]1CNC(C(C2=CC(C)C(CCCC)C=C2)c2ccc(CCCC)cc2)C1. The fraction of sp³-hybridized carbons (Fsp3) is 0.645. The van der Waals surface area contributed by atoms with Crippen molar-refractivity contribution in [2.45, 2.75) is 104 Å². The van der Waals surface area contributed by atoms with Crippen molar-refractivity contribution < 1.29 is 9.53 Å². The van der Waals surface area contributed by atoms with Crippen LogP contribution in [0.1, 0.15) is 96.1 Å². The van der Waals surface area contributed by atoms with Crippen molar-refractivity contribution in [2.24, 2.45) is 11.8 Å². The Morgan fingerprint density at radius 1 is 1.09 bits per heavy atom. The van der Waals surface area contributed by atoms with E-state index in [-0.39, 0.29) is 24.2 Å². The molecule has 4 unspecified atom stereocenters. The summed E-state index contributed by atoms with van der Waals surface area (Å²) in [6, 6.07) is 9.52. The molecule has 3 rings (SSSR count). The number of aryl methyl sites for hydroxylation is 1. The van der Waals surface area contributed by atoms with Crippen LogP contribution in [0, 0.1) is 11.8 Å². The van der Waals surface area contributed by atoms with Crippen LogP contribution in [0.4, 0.5) is 4.79 Å². The quantitative estimate of drug-likeness (QED) is 0.291. The summed E-state index contributed by atoms with van der Waals surface area (Å²) in [6.07, 6.45) is 17.2. The highest BCUT2D eigenvalue weighted by Crippen LogP contribution is 2.38. The van der Waals surface area contributed by atoms with E-state index >= 15 is 0 Å². The molecule has 4 heteroatoms. The fourth-order valence-corrected chi connectivity index (χ4v) is 5.47. The van der Waals surface area contributed by atoms with Gasteiger partial charge in [-0.1, -0.05) is 95.9 Å². The van der Waals surface area contributed by atoms with Crippen LogP contribution in [0.5, 0.6) is 0 Å². The van der Waals surface area contributed by atoms with Gasteiger partial charge in [0.05, 0.1) is 0 Å². The van der Waals surface area contributed by atoms with Gasteiger partial charge in [0.15, 0.2) is 0 Å². The Balaban J connectivity index is 1.74. The third-order valence-corrected chi connectivity index (χ3v) is 7.67. The van der Waals surface area contributed by atoms with Crippen LogP contribution >= 0.6 is 0 Å². The lowest BCUT2D eigenvalue weighted by atomic mass is 9.76. The van der Waals surface area contributed by atoms with Crippen molar-refractivity contribution in [1.82, 2.24) is 10.6 Å². The van der Waals surface area contributed by atoms with E-state index in [1.165, 1.54) is 48.8 Å². The van der Waals surface area contributed by atoms with Gasteiger partial charge < -0.3 is 15.4 Å². The van der Waals surface area contributed by atoms with Crippen LogP contribution < -0.4 is 10.6 Å². The lowest BCUT2D eigenvalue weighted by Crippen LogP contribution is -2.31. The predicted octanol–water partition coefficient (Wildman–Crippen LogP) is 7.31. The summed E-state index contributed by atoms with van der Waals surface area (Å²) in [5, 5.41) is 6.59. The van der Waals surface area contributed by atoms with E-state index < -0.39 is 0 Å². The largest absolute Gasteiger partial charge is 0.445 e. The Morgan fingerprint density at radius 2 is 1.83 bits per heavy atom. The van der Waals surface area contributed by atoms with E-state index in [1.807, 2.05) is 0 Å². The van der Waals surface area contributed by atoms with Crippen molar-refractivity contribution in [3.63, 3.8) is 0 Å². The Morgan fingerprint density at radius 3 is 2.51 bits per heavy atom. The van der Waals surface area contributed by atoms with Crippen LogP contribution in [0.25, 0.3) is 0 Å². The first kappa shape index (κ1) is 27.5. The Kier molecular flexibility index (Phi) is 11.4. The van der Waals surface area contributed by atoms with Crippen molar-refractivity contribution >= 4 is 6.09 Å². The summed E-state index contributed by atoms with van der Waals surface area (Å²) >= 11 is 0. The molecular weight excluding hydrogens is 432 g/mol. The zero-order valence-electron chi connectivity index (χ0n) is 22.5. The number of carbonyl (C=O) groups is 1. The molecule has 1 aromatic carbocycles. The van der Waals surface area contributed by atoms with Crippen molar-refractivity contribution in [1.29, 1.82) is 0 Å². The topological polar surface area (TPSA) is 50.4 Å². The molecule has 1 amide bonds. The van der Waals surface area contributed by atoms with Crippen LogP contribution in [-0.4, -0.2) is 31.3 Å². The predicted molar refractivity (Wildman–Crippen MR) is 147 cm³/mol. The molecule has 4 nitrogen and oxygen atoms in total. The molecule has 5 atom stereocenters. The normalized spacial score (nSPS) is 24.7. The molecule has 0 aromatic heterocycles. The van der Waals surface area contributed by atoms with Gasteiger partial charge in [-0.2, -0.15) is 0 Å². The molecule has 2 N–H and O–H groups in total. The minimum Gasteiger partial charge on any atom is -0.445 e. The molecule has 1 aromatic rings. The Hall–Kier alpha value is -2.07. The van der Waals surface area contributed by atoms with Gasteiger partial charge in [0, 0.05) is 31.5 Å². The van der Waals surface area contributed by atoms with Gasteiger partial charge in [-0.25, -0.2) is 4.79 Å². The minimum absolute atomic E-state index is 0.0872. The first-order chi connectivity index (χ1) is 17.0. The maximum absolute atomic E-state index is 12.2. The summed E-state index contributed by atoms with van der Waals surface area (Å²) in [4.78, 5) is 12.2. The van der Waals surface area contributed by atoms with Gasteiger partial charge in [0.1, 0.15) is 6.10 Å². The summed E-state index contributed by atoms with van der Waals surface area (Å²) in [5.74, 6) is 1.44. The highest BCUT2D eigenvalue weighted by molar-refractivity contribution is 5.67. The van der Waals surface area contributed by atoms with E-state index in [9.17, 15) is 4.79 Å². The average Bonchev–Trinajstić information content (AvgIpc) is 3.31. The molecule has 2 aliphatic rings. The number of hydrogen-bond acceptors (Lipinski definition) is 3. The Labute approximate surface area is 214 Å². The molecule has 1 fully saturated rings. The summed E-state index contributed by atoms with van der Waals surface area (Å²) in [6.45, 7) is 10.4. The number of ether oxygens (including phenoxy) is 1. The number of unbranched alkanes of at least 4 members (excludes halogenated alkanes) is 3. The molecule has 1 heterocycles. The maximum atomic E-state index is 12.2. The van der Waals surface area contributed by atoms with Gasteiger partial charge in [-0.15, -0.1) is 0 Å². The zero-order valence-corrected chi connectivity index (χ0v) is 22.5. The second kappa shape index (κ2) is 14.5. The highest BCUT2D eigenvalue weighted by Gasteiger charge is 2.35. The smallest absolute Gasteiger partial charge is 0.407 e. The number of alkyl carbamates (subject to hydrolysis) is 1. The molecule has 1 aliphatic carbocycles. The van der Waals surface area contributed by atoms with E-state index in [2.05, 4.69) is 80.8 Å². The van der Waals surface area contributed by atoms with E-state index in [4.69, 9.17) is 4.74 Å². The standard InChI is InChI=1S/C31H48N2O2/c1-5-8-11-24-13-15-26(16-14-24)30(27-18-17-25(12-9-6-2)23(4)20-27)29-21-28(22-33-29)35-31(34)32-19-10-7-3/h13-18,20,23,25,28-30,33H,5-12,19,21-22H2,1-4H3,(H,32,34)/t23?,25?,28-,29?,30?/m1/s1. The Bertz CT molecular complexity index is 829. The number of hydrogen-bond donors (Lipinski definition) is 2. The molecule has 35 heavy (non-hydrogen) atoms. The van der Waals surface area contributed by atoms with Gasteiger partial charge >= 0.3 is 6.09 Å². The highest BCUT2D eigenvalue weighted by atomic mass is 16.6. The van der Waals surface area contributed by atoms with Crippen LogP contribution in [0.15, 0.2) is 48.1 Å². The fourth-order valence-electron chi connectivity index (χ4n) is 5.47. The summed E-state index contributed by atoms with van der Waals surface area (Å²) < 4.78 is 5.76. The third kappa shape index (κ3) is 8.24. The number of carbonyl (C=O) groups excluding carboxylic acids is 1. The molecule has 0 bridgehead atoms. The number of rotatable bonds is 13. The van der Waals surface area contributed by atoms with Gasteiger partial charge in [0.2, 0.25) is 0 Å². The van der Waals surface area contributed by atoms with E-state index in [0.717, 1.165) is 25.7 Å². The second-order valence-corrected chi connectivity index (χ2v) is 10.6. The molecule has 1 aliphatic heterocycles. The second-order valence-electron chi connectivity index (χ2n) is 10.6. The molecular formula is C31H48N2O2. The number of allylic oxidation sites excluding steroid dienone is 3. The first-order valence-electron chi connectivity index (χ1n) is 14.2. The molecule has 1 saturated heterocycles. The number of nitrogens with one attached hydrogen (secondary N) is 2. The molecule has 0 saturated carbocycles.